The summed E-state index contributed by atoms with van der Waals surface area (Å²) in [4.78, 5) is 16.9. The summed E-state index contributed by atoms with van der Waals surface area (Å²) in [5.41, 5.74) is 0.457. The van der Waals surface area contributed by atoms with Gasteiger partial charge in [0.2, 0.25) is 0 Å². The Bertz CT molecular complexity index is 1100. The highest BCUT2D eigenvalue weighted by Gasteiger charge is 2.21. The average molecular weight is 417 g/mol. The van der Waals surface area contributed by atoms with Crippen LogP contribution < -0.4 is 0 Å². The number of carbonyl (C=O) groups is 1. The lowest BCUT2D eigenvalue weighted by atomic mass is 10.2. The van der Waals surface area contributed by atoms with Gasteiger partial charge in [-0.2, -0.15) is 8.42 Å². The molecule has 0 saturated carbocycles. The number of esters is 1. The highest BCUT2D eigenvalue weighted by Crippen LogP contribution is 2.31. The van der Waals surface area contributed by atoms with E-state index in [2.05, 4.69) is 4.98 Å². The summed E-state index contributed by atoms with van der Waals surface area (Å²) in [5.74, 6) is -0.536. The number of thiophene rings is 1. The minimum atomic E-state index is -3.79. The van der Waals surface area contributed by atoms with Gasteiger partial charge in [-0.25, -0.2) is 8.77 Å². The second-order valence-electron chi connectivity index (χ2n) is 6.93. The van der Waals surface area contributed by atoms with Crippen molar-refractivity contribution >= 4 is 33.4 Å². The second-order valence-corrected chi connectivity index (χ2v) is 10.1. The van der Waals surface area contributed by atoms with Crippen molar-refractivity contribution in [2.45, 2.75) is 30.6 Å². The largest absolute Gasteiger partial charge is 0.457 e. The van der Waals surface area contributed by atoms with Crippen LogP contribution in [0.2, 0.25) is 0 Å². The summed E-state index contributed by atoms with van der Waals surface area (Å²) < 4.78 is 32.6. The molecule has 0 amide bonds. The van der Waals surface area contributed by atoms with Gasteiger partial charge in [0, 0.05) is 18.5 Å². The molecule has 0 unspecified atom stereocenters. The molecule has 0 radical (unpaired) electrons. The molecule has 0 bridgehead atoms. The van der Waals surface area contributed by atoms with Crippen LogP contribution >= 0.6 is 11.3 Å². The summed E-state index contributed by atoms with van der Waals surface area (Å²) in [7, 11) is -3.79. The lowest BCUT2D eigenvalue weighted by Crippen LogP contribution is -2.22. The van der Waals surface area contributed by atoms with E-state index in [9.17, 15) is 13.2 Å². The smallest absolute Gasteiger partial charge is 0.331 e. The van der Waals surface area contributed by atoms with Crippen LogP contribution in [-0.4, -0.2) is 28.9 Å². The van der Waals surface area contributed by atoms with Crippen molar-refractivity contribution < 1.29 is 17.9 Å². The zero-order valence-corrected chi connectivity index (χ0v) is 17.3. The molecule has 0 aromatic carbocycles. The standard InChI is InChI=1S/C20H20N2O4S2/c1-20(2,3)26-18(23)11-9-15-7-6-14-22(15)28(24,25)19-12-10-17(27-19)16-8-4-5-13-21-16/h4-14H,1-3H3/b11-9+. The molecule has 3 aromatic rings. The molecule has 0 N–H and O–H groups in total. The molecule has 3 heterocycles. The van der Waals surface area contributed by atoms with E-state index >= 15 is 0 Å². The Morgan fingerprint density at radius 2 is 1.93 bits per heavy atom. The Balaban J connectivity index is 1.87. The van der Waals surface area contributed by atoms with E-state index in [0.29, 0.717) is 11.4 Å². The van der Waals surface area contributed by atoms with Crippen molar-refractivity contribution in [3.05, 3.63) is 66.6 Å². The van der Waals surface area contributed by atoms with Gasteiger partial charge >= 0.3 is 5.97 Å². The monoisotopic (exact) mass is 416 g/mol. The van der Waals surface area contributed by atoms with E-state index in [4.69, 9.17) is 4.74 Å². The SMILES string of the molecule is CC(C)(C)OC(=O)/C=C/c1cccn1S(=O)(=O)c1ccc(-c2ccccn2)s1. The first-order valence-corrected chi connectivity index (χ1v) is 10.8. The zero-order chi connectivity index (χ0) is 20.4. The summed E-state index contributed by atoms with van der Waals surface area (Å²) in [5, 5.41) is 0. The van der Waals surface area contributed by atoms with Crippen molar-refractivity contribution in [2.24, 2.45) is 0 Å². The molecule has 3 aromatic heterocycles. The number of hydrogen-bond acceptors (Lipinski definition) is 6. The summed E-state index contributed by atoms with van der Waals surface area (Å²) in [6.07, 6.45) is 5.76. The van der Waals surface area contributed by atoms with E-state index in [1.807, 2.05) is 12.1 Å². The number of carbonyl (C=O) groups excluding carboxylic acids is 1. The number of ether oxygens (including phenoxy) is 1. The Morgan fingerprint density at radius 1 is 1.14 bits per heavy atom. The van der Waals surface area contributed by atoms with Crippen molar-refractivity contribution in [2.75, 3.05) is 0 Å². The number of rotatable bonds is 5. The molecule has 3 rings (SSSR count). The Labute approximate surface area is 168 Å². The van der Waals surface area contributed by atoms with Crippen LogP contribution in [-0.2, 0) is 19.6 Å². The quantitative estimate of drug-likeness (QED) is 0.460. The fourth-order valence-corrected chi connectivity index (χ4v) is 5.13. The van der Waals surface area contributed by atoms with Crippen LogP contribution in [0.25, 0.3) is 16.6 Å². The molecule has 0 aliphatic carbocycles. The highest BCUT2D eigenvalue weighted by atomic mass is 32.2. The lowest BCUT2D eigenvalue weighted by molar-refractivity contribution is -0.148. The minimum Gasteiger partial charge on any atom is -0.457 e. The maximum atomic E-state index is 13.0. The number of hydrogen-bond donors (Lipinski definition) is 0. The molecular formula is C20H20N2O4S2. The predicted octanol–water partition coefficient (Wildman–Crippen LogP) is 4.20. The van der Waals surface area contributed by atoms with Gasteiger partial charge in [0.1, 0.15) is 9.81 Å². The Kier molecular flexibility index (Phi) is 5.53. The number of pyridine rings is 1. The number of aromatic nitrogens is 2. The van der Waals surface area contributed by atoms with Crippen LogP contribution in [0.1, 0.15) is 26.5 Å². The van der Waals surface area contributed by atoms with Gasteiger partial charge in [0.15, 0.2) is 0 Å². The van der Waals surface area contributed by atoms with Crippen molar-refractivity contribution in [1.82, 2.24) is 8.96 Å². The first-order valence-electron chi connectivity index (χ1n) is 8.52. The maximum Gasteiger partial charge on any atom is 0.331 e. The van der Waals surface area contributed by atoms with E-state index in [0.717, 1.165) is 20.2 Å². The highest BCUT2D eigenvalue weighted by molar-refractivity contribution is 7.92. The third-order valence-electron chi connectivity index (χ3n) is 3.55. The average Bonchev–Trinajstić information content (AvgIpc) is 3.29. The Morgan fingerprint density at radius 3 is 2.61 bits per heavy atom. The van der Waals surface area contributed by atoms with Crippen LogP contribution in [0.3, 0.4) is 0 Å². The van der Waals surface area contributed by atoms with Gasteiger partial charge in [-0.15, -0.1) is 11.3 Å². The first kappa shape index (κ1) is 20.0. The minimum absolute atomic E-state index is 0.191. The molecular weight excluding hydrogens is 396 g/mol. The molecule has 146 valence electrons. The summed E-state index contributed by atoms with van der Waals surface area (Å²) >= 11 is 1.15. The molecule has 0 saturated heterocycles. The fourth-order valence-electron chi connectivity index (χ4n) is 2.42. The van der Waals surface area contributed by atoms with E-state index in [1.165, 1.54) is 18.3 Å². The fraction of sp³-hybridized carbons (Fsp3) is 0.200. The lowest BCUT2D eigenvalue weighted by Gasteiger charge is -2.17. The van der Waals surface area contributed by atoms with Crippen LogP contribution in [0.5, 0.6) is 0 Å². The zero-order valence-electron chi connectivity index (χ0n) is 15.7. The molecule has 0 aliphatic rings. The molecule has 0 aliphatic heterocycles. The van der Waals surface area contributed by atoms with Gasteiger partial charge in [-0.1, -0.05) is 6.07 Å². The third kappa shape index (κ3) is 4.58. The number of nitrogens with zero attached hydrogens (tertiary/aromatic N) is 2. The predicted molar refractivity (Wildman–Crippen MR) is 109 cm³/mol. The molecule has 8 heteroatoms. The van der Waals surface area contributed by atoms with Gasteiger partial charge in [-0.3, -0.25) is 4.98 Å². The van der Waals surface area contributed by atoms with Gasteiger partial charge in [0.05, 0.1) is 16.3 Å². The van der Waals surface area contributed by atoms with Crippen molar-refractivity contribution in [3.63, 3.8) is 0 Å². The van der Waals surface area contributed by atoms with E-state index in [1.54, 1.807) is 57.3 Å². The first-order chi connectivity index (χ1) is 13.2. The van der Waals surface area contributed by atoms with Crippen LogP contribution in [0.15, 0.2) is 65.1 Å². The van der Waals surface area contributed by atoms with Crippen molar-refractivity contribution in [3.8, 4) is 10.6 Å². The topological polar surface area (TPSA) is 78.3 Å². The Hall–Kier alpha value is -2.71. The maximum absolute atomic E-state index is 13.0. The molecule has 6 nitrogen and oxygen atoms in total. The van der Waals surface area contributed by atoms with E-state index < -0.39 is 21.6 Å². The molecule has 0 spiro atoms. The van der Waals surface area contributed by atoms with Crippen LogP contribution in [0, 0.1) is 0 Å². The second kappa shape index (κ2) is 7.73. The molecule has 28 heavy (non-hydrogen) atoms. The summed E-state index contributed by atoms with van der Waals surface area (Å²) in [6.45, 7) is 5.30. The van der Waals surface area contributed by atoms with Gasteiger partial charge in [-0.05, 0) is 63.2 Å². The van der Waals surface area contributed by atoms with Gasteiger partial charge < -0.3 is 4.74 Å². The molecule has 0 fully saturated rings. The molecule has 0 atom stereocenters. The van der Waals surface area contributed by atoms with Crippen LogP contribution in [0.4, 0.5) is 0 Å². The van der Waals surface area contributed by atoms with E-state index in [-0.39, 0.29) is 4.21 Å². The van der Waals surface area contributed by atoms with Gasteiger partial charge in [0.25, 0.3) is 10.0 Å². The third-order valence-corrected chi connectivity index (χ3v) is 6.83. The normalized spacial score (nSPS) is 12.4. The summed E-state index contributed by atoms with van der Waals surface area (Å²) in [6, 6.07) is 12.0. The van der Waals surface area contributed by atoms with Crippen molar-refractivity contribution in [1.29, 1.82) is 0 Å².